The fourth-order valence-corrected chi connectivity index (χ4v) is 4.46. The van der Waals surface area contributed by atoms with Crippen molar-refractivity contribution in [3.63, 3.8) is 0 Å². The number of fused-ring (bicyclic) bond motifs is 1. The average Bonchev–Trinajstić information content (AvgIpc) is 3.49. The Morgan fingerprint density at radius 2 is 1.77 bits per heavy atom. The van der Waals surface area contributed by atoms with Gasteiger partial charge in [0.2, 0.25) is 11.6 Å². The molecule has 0 amide bonds. The first-order valence-corrected chi connectivity index (χ1v) is 11.9. The van der Waals surface area contributed by atoms with Gasteiger partial charge in [0.25, 0.3) is 5.69 Å². The van der Waals surface area contributed by atoms with Gasteiger partial charge in [-0.3, -0.25) is 10.1 Å². The lowest BCUT2D eigenvalue weighted by Gasteiger charge is -2.05. The van der Waals surface area contributed by atoms with Gasteiger partial charge in [0.1, 0.15) is 0 Å². The fourth-order valence-electron chi connectivity index (χ4n) is 3.60. The van der Waals surface area contributed by atoms with E-state index in [1.165, 1.54) is 29.0 Å². The van der Waals surface area contributed by atoms with Crippen molar-refractivity contribution < 1.29 is 14.4 Å². The van der Waals surface area contributed by atoms with Crippen molar-refractivity contribution in [2.24, 2.45) is 10.1 Å². The molecule has 0 saturated heterocycles. The number of ether oxygens (including phenoxy) is 2. The highest BCUT2D eigenvalue weighted by atomic mass is 32.1. The van der Waals surface area contributed by atoms with Crippen molar-refractivity contribution in [1.29, 1.82) is 0 Å². The zero-order chi connectivity index (χ0) is 24.4. The van der Waals surface area contributed by atoms with Gasteiger partial charge < -0.3 is 9.47 Å². The Morgan fingerprint density at radius 1 is 1.03 bits per heavy atom. The van der Waals surface area contributed by atoms with Gasteiger partial charge in [0.05, 0.1) is 22.5 Å². The molecule has 2 heterocycles. The SMILES string of the molecule is CC(C)c1ccc(N=c2scc(-c3ccc([N+](=O)[O-])cc3)n2N=Cc2ccc3c(c2)OCO3)cc1. The molecule has 0 saturated carbocycles. The Kier molecular flexibility index (Phi) is 6.15. The van der Waals surface area contributed by atoms with Crippen LogP contribution in [0.25, 0.3) is 11.3 Å². The third-order valence-corrected chi connectivity index (χ3v) is 6.38. The number of non-ortho nitro benzene ring substituents is 1. The minimum Gasteiger partial charge on any atom is -0.454 e. The van der Waals surface area contributed by atoms with Gasteiger partial charge in [-0.25, -0.2) is 9.67 Å². The Morgan fingerprint density at radius 3 is 2.49 bits per heavy atom. The fraction of sp³-hybridized carbons (Fsp3) is 0.154. The molecule has 0 fully saturated rings. The highest BCUT2D eigenvalue weighted by molar-refractivity contribution is 7.07. The van der Waals surface area contributed by atoms with Crippen LogP contribution in [0.5, 0.6) is 11.5 Å². The van der Waals surface area contributed by atoms with Gasteiger partial charge in [-0.2, -0.15) is 5.10 Å². The van der Waals surface area contributed by atoms with E-state index < -0.39 is 4.92 Å². The van der Waals surface area contributed by atoms with Crippen LogP contribution in [-0.4, -0.2) is 22.6 Å². The first kappa shape index (κ1) is 22.5. The summed E-state index contributed by atoms with van der Waals surface area (Å²) in [6, 6.07) is 20.2. The Balaban J connectivity index is 1.57. The lowest BCUT2D eigenvalue weighted by Crippen LogP contribution is -2.11. The summed E-state index contributed by atoms with van der Waals surface area (Å²) in [5.74, 6) is 1.82. The van der Waals surface area contributed by atoms with Crippen LogP contribution in [0.2, 0.25) is 0 Å². The van der Waals surface area contributed by atoms with Gasteiger partial charge >= 0.3 is 0 Å². The molecule has 176 valence electrons. The zero-order valence-corrected chi connectivity index (χ0v) is 19.9. The highest BCUT2D eigenvalue weighted by Gasteiger charge is 2.13. The molecule has 0 unspecified atom stereocenters. The van der Waals surface area contributed by atoms with Gasteiger partial charge in [0, 0.05) is 23.1 Å². The number of aromatic nitrogens is 1. The first-order valence-electron chi connectivity index (χ1n) is 11.0. The summed E-state index contributed by atoms with van der Waals surface area (Å²) in [5, 5.41) is 17.7. The minimum absolute atomic E-state index is 0.0366. The molecule has 4 aromatic rings. The van der Waals surface area contributed by atoms with Gasteiger partial charge in [-0.05, 0) is 59.5 Å². The topological polar surface area (TPSA) is 91.2 Å². The maximum absolute atomic E-state index is 11.1. The number of thiazole rings is 1. The molecule has 9 heteroatoms. The van der Waals surface area contributed by atoms with Crippen LogP contribution < -0.4 is 14.3 Å². The van der Waals surface area contributed by atoms with E-state index in [2.05, 4.69) is 26.0 Å². The Labute approximate surface area is 205 Å². The second-order valence-corrected chi connectivity index (χ2v) is 9.07. The Bertz CT molecular complexity index is 1470. The molecule has 0 atom stereocenters. The predicted molar refractivity (Wildman–Crippen MR) is 136 cm³/mol. The summed E-state index contributed by atoms with van der Waals surface area (Å²) in [6.45, 7) is 4.51. The van der Waals surface area contributed by atoms with Crippen LogP contribution in [0.4, 0.5) is 11.4 Å². The number of hydrogen-bond donors (Lipinski definition) is 0. The Hall–Kier alpha value is -4.24. The molecule has 5 rings (SSSR count). The van der Waals surface area contributed by atoms with Crippen LogP contribution in [0, 0.1) is 10.1 Å². The number of hydrogen-bond acceptors (Lipinski definition) is 7. The molecule has 1 aliphatic heterocycles. The van der Waals surface area contributed by atoms with Crippen LogP contribution in [0.1, 0.15) is 30.9 Å². The van der Waals surface area contributed by atoms with Crippen molar-refractivity contribution in [1.82, 2.24) is 4.68 Å². The number of nitro groups is 1. The molecule has 35 heavy (non-hydrogen) atoms. The van der Waals surface area contributed by atoms with Crippen molar-refractivity contribution in [2.75, 3.05) is 6.79 Å². The molecule has 8 nitrogen and oxygen atoms in total. The normalized spacial score (nSPS) is 13.2. The smallest absolute Gasteiger partial charge is 0.269 e. The minimum atomic E-state index is -0.412. The molecular weight excluding hydrogens is 464 g/mol. The van der Waals surface area contributed by atoms with Gasteiger partial charge in [0.15, 0.2) is 11.5 Å². The van der Waals surface area contributed by atoms with E-state index in [-0.39, 0.29) is 12.5 Å². The monoisotopic (exact) mass is 486 g/mol. The molecule has 0 spiro atoms. The van der Waals surface area contributed by atoms with E-state index in [9.17, 15) is 10.1 Å². The largest absolute Gasteiger partial charge is 0.454 e. The van der Waals surface area contributed by atoms with Crippen LogP contribution in [-0.2, 0) is 0 Å². The predicted octanol–water partition coefficient (Wildman–Crippen LogP) is 6.09. The first-order chi connectivity index (χ1) is 17.0. The molecule has 3 aromatic carbocycles. The number of rotatable bonds is 6. The second-order valence-electron chi connectivity index (χ2n) is 8.23. The zero-order valence-electron chi connectivity index (χ0n) is 19.1. The van der Waals surface area contributed by atoms with Crippen molar-refractivity contribution >= 4 is 28.9 Å². The second kappa shape index (κ2) is 9.55. The van der Waals surface area contributed by atoms with Gasteiger partial charge in [-0.15, -0.1) is 11.3 Å². The molecule has 1 aliphatic rings. The summed E-state index contributed by atoms with van der Waals surface area (Å²) >= 11 is 1.45. The van der Waals surface area contributed by atoms with E-state index in [0.29, 0.717) is 22.2 Å². The third kappa shape index (κ3) is 4.85. The maximum Gasteiger partial charge on any atom is 0.269 e. The van der Waals surface area contributed by atoms with Crippen molar-refractivity contribution in [2.45, 2.75) is 19.8 Å². The lowest BCUT2D eigenvalue weighted by molar-refractivity contribution is -0.384. The molecular formula is C26H22N4O4S. The quantitative estimate of drug-likeness (QED) is 0.187. The van der Waals surface area contributed by atoms with E-state index in [0.717, 1.165) is 22.5 Å². The summed E-state index contributed by atoms with van der Waals surface area (Å²) < 4.78 is 12.6. The van der Waals surface area contributed by atoms with E-state index >= 15 is 0 Å². The lowest BCUT2D eigenvalue weighted by atomic mass is 10.0. The summed E-state index contributed by atoms with van der Waals surface area (Å²) in [4.78, 5) is 16.2. The van der Waals surface area contributed by atoms with E-state index in [1.807, 2.05) is 35.7 Å². The van der Waals surface area contributed by atoms with E-state index in [1.54, 1.807) is 23.0 Å². The summed E-state index contributed by atoms with van der Waals surface area (Å²) in [6.07, 6.45) is 1.73. The molecule has 0 bridgehead atoms. The van der Waals surface area contributed by atoms with Crippen LogP contribution >= 0.6 is 11.3 Å². The number of nitro benzene ring substituents is 1. The standard InChI is InChI=1S/C26H22N4O4S/c1-17(2)19-4-8-21(9-5-19)28-26-29(27-14-18-3-12-24-25(13-18)34-16-33-24)23(15-35-26)20-6-10-22(11-7-20)30(31)32/h3-15,17H,16H2,1-2H3. The van der Waals surface area contributed by atoms with Crippen molar-refractivity contribution in [3.8, 4) is 22.8 Å². The van der Waals surface area contributed by atoms with Crippen molar-refractivity contribution in [3.05, 3.63) is 98.2 Å². The molecule has 0 radical (unpaired) electrons. The van der Waals surface area contributed by atoms with E-state index in [4.69, 9.17) is 19.6 Å². The van der Waals surface area contributed by atoms with Gasteiger partial charge in [-0.1, -0.05) is 26.0 Å². The number of nitrogens with zero attached hydrogens (tertiary/aromatic N) is 4. The summed E-state index contributed by atoms with van der Waals surface area (Å²) in [5.41, 5.74) is 4.52. The molecule has 0 N–H and O–H groups in total. The molecule has 1 aromatic heterocycles. The third-order valence-electron chi connectivity index (χ3n) is 5.56. The van der Waals surface area contributed by atoms with Crippen LogP contribution in [0.15, 0.2) is 82.2 Å². The highest BCUT2D eigenvalue weighted by Crippen LogP contribution is 2.32. The summed E-state index contributed by atoms with van der Waals surface area (Å²) in [7, 11) is 0. The molecule has 0 aliphatic carbocycles. The number of benzene rings is 3. The van der Waals surface area contributed by atoms with Crippen LogP contribution in [0.3, 0.4) is 0 Å². The maximum atomic E-state index is 11.1. The average molecular weight is 487 g/mol.